The first-order chi connectivity index (χ1) is 9.65. The van der Waals surface area contributed by atoms with Gasteiger partial charge in [-0.3, -0.25) is 14.5 Å². The van der Waals surface area contributed by atoms with E-state index in [1.807, 2.05) is 11.8 Å². The van der Waals surface area contributed by atoms with Crippen LogP contribution in [-0.2, 0) is 0 Å². The highest BCUT2D eigenvalue weighted by Crippen LogP contribution is 2.23. The summed E-state index contributed by atoms with van der Waals surface area (Å²) < 4.78 is 0. The third kappa shape index (κ3) is 3.22. The quantitative estimate of drug-likeness (QED) is 0.618. The summed E-state index contributed by atoms with van der Waals surface area (Å²) in [4.78, 5) is 25.6. The summed E-state index contributed by atoms with van der Waals surface area (Å²) in [7, 11) is 0. The molecule has 2 rings (SSSR count). The maximum Gasteiger partial charge on any atom is 0.261 e. The topological polar surface area (TPSA) is 63.4 Å². The van der Waals surface area contributed by atoms with Crippen molar-refractivity contribution in [2.24, 2.45) is 5.73 Å². The van der Waals surface area contributed by atoms with Gasteiger partial charge in [0.1, 0.15) is 0 Å². The highest BCUT2D eigenvalue weighted by atomic mass is 32.2. The Balaban J connectivity index is 1.84. The van der Waals surface area contributed by atoms with E-state index in [-0.39, 0.29) is 11.8 Å². The number of fused-ring (bicyclic) bond motifs is 1. The van der Waals surface area contributed by atoms with Gasteiger partial charge in [-0.25, -0.2) is 0 Å². The fourth-order valence-electron chi connectivity index (χ4n) is 2.27. The Morgan fingerprint density at radius 1 is 1.20 bits per heavy atom. The molecule has 20 heavy (non-hydrogen) atoms. The molecule has 108 valence electrons. The van der Waals surface area contributed by atoms with Gasteiger partial charge in [-0.1, -0.05) is 19.1 Å². The van der Waals surface area contributed by atoms with Crippen molar-refractivity contribution in [3.05, 3.63) is 35.4 Å². The number of benzene rings is 1. The Kier molecular flexibility index (Phi) is 5.20. The maximum atomic E-state index is 12.1. The van der Waals surface area contributed by atoms with Gasteiger partial charge in [0, 0.05) is 11.8 Å². The highest BCUT2D eigenvalue weighted by Gasteiger charge is 2.34. The average Bonchev–Trinajstić information content (AvgIpc) is 2.69. The number of rotatable bonds is 7. The molecule has 1 aromatic rings. The van der Waals surface area contributed by atoms with Gasteiger partial charge in [0.05, 0.1) is 11.1 Å². The molecule has 1 atom stereocenters. The number of imide groups is 1. The van der Waals surface area contributed by atoms with E-state index in [1.165, 1.54) is 4.90 Å². The zero-order valence-corrected chi connectivity index (χ0v) is 12.5. The van der Waals surface area contributed by atoms with Crippen molar-refractivity contribution in [3.63, 3.8) is 0 Å². The third-order valence-corrected chi connectivity index (χ3v) is 4.71. The number of thioether (sulfide) groups is 1. The molecule has 1 heterocycles. The van der Waals surface area contributed by atoms with E-state index in [0.29, 0.717) is 29.5 Å². The Morgan fingerprint density at radius 3 is 2.35 bits per heavy atom. The second-order valence-electron chi connectivity index (χ2n) is 4.92. The monoisotopic (exact) mass is 292 g/mol. The predicted octanol–water partition coefficient (Wildman–Crippen LogP) is 2.14. The Bertz CT molecular complexity index is 469. The molecule has 4 nitrogen and oxygen atoms in total. The van der Waals surface area contributed by atoms with Crippen molar-refractivity contribution in [2.75, 3.05) is 18.8 Å². The van der Waals surface area contributed by atoms with Gasteiger partial charge in [0.15, 0.2) is 0 Å². The van der Waals surface area contributed by atoms with Crippen LogP contribution in [0.15, 0.2) is 24.3 Å². The molecule has 0 aromatic heterocycles. The van der Waals surface area contributed by atoms with Crippen LogP contribution in [0.5, 0.6) is 0 Å². The maximum absolute atomic E-state index is 12.1. The molecule has 1 aliphatic heterocycles. The van der Waals surface area contributed by atoms with Gasteiger partial charge in [0.25, 0.3) is 11.8 Å². The zero-order valence-electron chi connectivity index (χ0n) is 11.7. The van der Waals surface area contributed by atoms with E-state index in [0.717, 1.165) is 18.6 Å². The van der Waals surface area contributed by atoms with Crippen molar-refractivity contribution in [2.45, 2.75) is 25.0 Å². The van der Waals surface area contributed by atoms with Gasteiger partial charge in [-0.15, -0.1) is 0 Å². The van der Waals surface area contributed by atoms with E-state index in [9.17, 15) is 9.59 Å². The average molecular weight is 292 g/mol. The molecule has 0 bridgehead atoms. The second kappa shape index (κ2) is 6.90. The molecular formula is C15H20N2O2S. The number of hydrogen-bond acceptors (Lipinski definition) is 4. The van der Waals surface area contributed by atoms with Crippen LogP contribution in [0.4, 0.5) is 0 Å². The van der Waals surface area contributed by atoms with Gasteiger partial charge in [-0.05, 0) is 37.3 Å². The molecule has 0 saturated heterocycles. The van der Waals surface area contributed by atoms with Crippen molar-refractivity contribution in [1.82, 2.24) is 4.90 Å². The van der Waals surface area contributed by atoms with E-state index in [2.05, 4.69) is 6.92 Å². The minimum absolute atomic E-state index is 0.161. The molecule has 1 aliphatic rings. The van der Waals surface area contributed by atoms with Gasteiger partial charge in [-0.2, -0.15) is 11.8 Å². The molecule has 5 heteroatoms. The molecule has 2 amide bonds. The molecule has 0 aliphatic carbocycles. The number of carbonyl (C=O) groups excluding carboxylic acids is 2. The van der Waals surface area contributed by atoms with E-state index >= 15 is 0 Å². The fourth-order valence-corrected chi connectivity index (χ4v) is 3.27. The lowest BCUT2D eigenvalue weighted by Gasteiger charge is -2.14. The van der Waals surface area contributed by atoms with Crippen molar-refractivity contribution >= 4 is 23.6 Å². The Morgan fingerprint density at radius 2 is 1.80 bits per heavy atom. The predicted molar refractivity (Wildman–Crippen MR) is 82.0 cm³/mol. The van der Waals surface area contributed by atoms with Gasteiger partial charge in [0.2, 0.25) is 0 Å². The smallest absolute Gasteiger partial charge is 0.261 e. The minimum Gasteiger partial charge on any atom is -0.330 e. The van der Waals surface area contributed by atoms with E-state index in [1.54, 1.807) is 24.3 Å². The van der Waals surface area contributed by atoms with Crippen LogP contribution in [0.2, 0.25) is 0 Å². The molecule has 2 N–H and O–H groups in total. The molecular weight excluding hydrogens is 272 g/mol. The summed E-state index contributed by atoms with van der Waals surface area (Å²) in [6.07, 6.45) is 1.82. The largest absolute Gasteiger partial charge is 0.330 e. The molecule has 1 unspecified atom stereocenters. The first-order valence-corrected chi connectivity index (χ1v) is 7.97. The zero-order chi connectivity index (χ0) is 14.5. The van der Waals surface area contributed by atoms with Crippen LogP contribution in [0.25, 0.3) is 0 Å². The summed E-state index contributed by atoms with van der Waals surface area (Å²) >= 11 is 1.84. The van der Waals surface area contributed by atoms with Crippen LogP contribution in [0.1, 0.15) is 40.5 Å². The summed E-state index contributed by atoms with van der Waals surface area (Å²) in [6, 6.07) is 7.01. The first kappa shape index (κ1) is 15.1. The summed E-state index contributed by atoms with van der Waals surface area (Å²) in [5.74, 6) is 0.616. The van der Waals surface area contributed by atoms with Gasteiger partial charge < -0.3 is 5.73 Å². The number of hydrogen-bond donors (Lipinski definition) is 1. The lowest BCUT2D eigenvalue weighted by molar-refractivity contribution is 0.0655. The van der Waals surface area contributed by atoms with Crippen molar-refractivity contribution in [3.8, 4) is 0 Å². The van der Waals surface area contributed by atoms with Crippen LogP contribution in [0.3, 0.4) is 0 Å². The summed E-state index contributed by atoms with van der Waals surface area (Å²) in [5.41, 5.74) is 6.57. The van der Waals surface area contributed by atoms with Gasteiger partial charge >= 0.3 is 0 Å². The van der Waals surface area contributed by atoms with E-state index in [4.69, 9.17) is 5.73 Å². The first-order valence-electron chi connectivity index (χ1n) is 6.92. The van der Waals surface area contributed by atoms with Crippen LogP contribution < -0.4 is 5.73 Å². The van der Waals surface area contributed by atoms with Crippen molar-refractivity contribution < 1.29 is 9.59 Å². The van der Waals surface area contributed by atoms with Crippen molar-refractivity contribution in [1.29, 1.82) is 0 Å². The molecule has 0 spiro atoms. The molecule has 0 fully saturated rings. The van der Waals surface area contributed by atoms with E-state index < -0.39 is 0 Å². The second-order valence-corrected chi connectivity index (χ2v) is 6.47. The standard InChI is InChI=1S/C15H20N2O2S/c1-11(7-8-16)20-10-4-9-17-14(18)12-5-2-3-6-13(12)15(17)19/h2-3,5-6,11H,4,7-10,16H2,1H3. The molecule has 0 saturated carbocycles. The van der Waals surface area contributed by atoms with Crippen LogP contribution in [-0.4, -0.2) is 40.8 Å². The minimum atomic E-state index is -0.161. The lowest BCUT2D eigenvalue weighted by atomic mass is 10.1. The lowest BCUT2D eigenvalue weighted by Crippen LogP contribution is -2.31. The van der Waals surface area contributed by atoms with Crippen LogP contribution >= 0.6 is 11.8 Å². The third-order valence-electron chi connectivity index (χ3n) is 3.38. The molecule has 0 radical (unpaired) electrons. The number of nitrogens with zero attached hydrogens (tertiary/aromatic N) is 1. The molecule has 1 aromatic carbocycles. The SMILES string of the molecule is CC(CCN)SCCCN1C(=O)c2ccccc2C1=O. The Labute approximate surface area is 123 Å². The summed E-state index contributed by atoms with van der Waals surface area (Å²) in [5, 5.41) is 0.530. The van der Waals surface area contributed by atoms with Crippen LogP contribution in [0, 0.1) is 0 Å². The summed E-state index contributed by atoms with van der Waals surface area (Å²) in [6.45, 7) is 3.35. The number of amides is 2. The Hall–Kier alpha value is -1.33. The number of carbonyl (C=O) groups is 2. The number of nitrogens with two attached hydrogens (primary N) is 1. The highest BCUT2D eigenvalue weighted by molar-refractivity contribution is 7.99. The normalized spacial score (nSPS) is 15.6. The fraction of sp³-hybridized carbons (Fsp3) is 0.467.